The Labute approximate surface area is 131 Å². The van der Waals surface area contributed by atoms with Gasteiger partial charge >= 0.3 is 0 Å². The smallest absolute Gasteiger partial charge is 0.118 e. The second kappa shape index (κ2) is 6.65. The van der Waals surface area contributed by atoms with E-state index in [4.69, 9.17) is 4.74 Å². The first-order valence-corrected chi connectivity index (χ1v) is 7.17. The Morgan fingerprint density at radius 3 is 2.09 bits per heavy atom. The van der Waals surface area contributed by atoms with Crippen LogP contribution in [-0.2, 0) is 0 Å². The maximum Gasteiger partial charge on any atom is 0.118 e. The van der Waals surface area contributed by atoms with E-state index in [1.165, 1.54) is 0 Å². The van der Waals surface area contributed by atoms with Gasteiger partial charge in [0.15, 0.2) is 0 Å². The van der Waals surface area contributed by atoms with Gasteiger partial charge in [-0.15, -0.1) is 0 Å². The molecule has 0 bridgehead atoms. The summed E-state index contributed by atoms with van der Waals surface area (Å²) in [6.45, 7) is 0. The molecule has 0 atom stereocenters. The first-order chi connectivity index (χ1) is 10.9. The molecular weight excluding hydrogens is 268 g/mol. The number of hydrogen-bond acceptors (Lipinski definition) is 1. The van der Waals surface area contributed by atoms with Crippen LogP contribution in [0.2, 0.25) is 0 Å². The van der Waals surface area contributed by atoms with E-state index in [2.05, 4.69) is 36.1 Å². The average molecular weight is 284 g/mol. The lowest BCUT2D eigenvalue weighted by Crippen LogP contribution is -1.86. The molecule has 0 aliphatic rings. The molecule has 3 aromatic rings. The lowest BCUT2D eigenvalue weighted by atomic mass is 9.99. The molecule has 0 saturated heterocycles. The van der Waals surface area contributed by atoms with Gasteiger partial charge in [0.2, 0.25) is 0 Å². The van der Waals surface area contributed by atoms with E-state index in [0.717, 1.165) is 28.0 Å². The van der Waals surface area contributed by atoms with Crippen LogP contribution >= 0.6 is 0 Å². The van der Waals surface area contributed by atoms with E-state index in [-0.39, 0.29) is 0 Å². The maximum atomic E-state index is 5.21. The summed E-state index contributed by atoms with van der Waals surface area (Å²) < 4.78 is 5.21. The largest absolute Gasteiger partial charge is 0.497 e. The molecule has 0 fully saturated rings. The molecular formula is C21H16O. The summed E-state index contributed by atoms with van der Waals surface area (Å²) in [5, 5.41) is 0. The monoisotopic (exact) mass is 284 g/mol. The highest BCUT2D eigenvalue weighted by Crippen LogP contribution is 2.25. The van der Waals surface area contributed by atoms with E-state index in [0.29, 0.717) is 0 Å². The van der Waals surface area contributed by atoms with Gasteiger partial charge < -0.3 is 4.74 Å². The van der Waals surface area contributed by atoms with Crippen LogP contribution in [0.15, 0.2) is 78.9 Å². The van der Waals surface area contributed by atoms with Crippen molar-refractivity contribution in [3.05, 3.63) is 90.0 Å². The highest BCUT2D eigenvalue weighted by Gasteiger charge is 2.02. The Morgan fingerprint density at radius 1 is 0.682 bits per heavy atom. The van der Waals surface area contributed by atoms with Crippen LogP contribution in [-0.4, -0.2) is 7.11 Å². The fourth-order valence-corrected chi connectivity index (χ4v) is 2.28. The Kier molecular flexibility index (Phi) is 4.22. The summed E-state index contributed by atoms with van der Waals surface area (Å²) in [5.41, 5.74) is 4.32. The zero-order chi connectivity index (χ0) is 15.2. The molecule has 0 aliphatic heterocycles. The van der Waals surface area contributed by atoms with Crippen LogP contribution in [0.5, 0.6) is 5.75 Å². The number of benzene rings is 3. The highest BCUT2D eigenvalue weighted by atomic mass is 16.5. The number of ether oxygens (including phenoxy) is 1. The van der Waals surface area contributed by atoms with Gasteiger partial charge in [0, 0.05) is 11.1 Å². The minimum atomic E-state index is 0.858. The number of hydrogen-bond donors (Lipinski definition) is 0. The molecule has 0 amide bonds. The van der Waals surface area contributed by atoms with E-state index in [9.17, 15) is 0 Å². The van der Waals surface area contributed by atoms with Crippen molar-refractivity contribution < 1.29 is 4.74 Å². The van der Waals surface area contributed by atoms with Gasteiger partial charge in [-0.25, -0.2) is 0 Å². The lowest BCUT2D eigenvalue weighted by molar-refractivity contribution is 0.415. The summed E-state index contributed by atoms with van der Waals surface area (Å²) in [6.07, 6.45) is 0. The molecule has 0 saturated carbocycles. The molecule has 0 aromatic heterocycles. The summed E-state index contributed by atoms with van der Waals surface area (Å²) in [7, 11) is 1.67. The van der Waals surface area contributed by atoms with Gasteiger partial charge in [-0.3, -0.25) is 0 Å². The molecule has 0 radical (unpaired) electrons. The van der Waals surface area contributed by atoms with Crippen molar-refractivity contribution in [1.29, 1.82) is 0 Å². The van der Waals surface area contributed by atoms with E-state index >= 15 is 0 Å². The topological polar surface area (TPSA) is 9.23 Å². The molecule has 0 N–H and O–H groups in total. The van der Waals surface area contributed by atoms with Crippen molar-refractivity contribution in [3.63, 3.8) is 0 Å². The van der Waals surface area contributed by atoms with Crippen LogP contribution in [0.1, 0.15) is 11.1 Å². The van der Waals surface area contributed by atoms with E-state index < -0.39 is 0 Å². The SMILES string of the molecule is COc1ccc(-c2ccccc2C#Cc2ccccc2)cc1. The molecule has 106 valence electrons. The van der Waals surface area contributed by atoms with Crippen LogP contribution in [0.3, 0.4) is 0 Å². The minimum absolute atomic E-state index is 0.858. The third-order valence-corrected chi connectivity index (χ3v) is 3.44. The molecule has 0 heterocycles. The van der Waals surface area contributed by atoms with Crippen molar-refractivity contribution >= 4 is 0 Å². The summed E-state index contributed by atoms with van der Waals surface area (Å²) in [5.74, 6) is 7.35. The average Bonchev–Trinajstić information content (AvgIpc) is 2.61. The summed E-state index contributed by atoms with van der Waals surface area (Å²) in [4.78, 5) is 0. The van der Waals surface area contributed by atoms with Crippen LogP contribution in [0.4, 0.5) is 0 Å². The Morgan fingerprint density at radius 2 is 1.36 bits per heavy atom. The maximum absolute atomic E-state index is 5.21. The minimum Gasteiger partial charge on any atom is -0.497 e. The predicted octanol–water partition coefficient (Wildman–Crippen LogP) is 4.76. The standard InChI is InChI=1S/C21H16O/c1-22-20-15-13-19(14-16-20)21-10-6-5-9-18(21)12-11-17-7-3-2-4-8-17/h2-10,13-16H,1H3. The molecule has 0 unspecified atom stereocenters. The first-order valence-electron chi connectivity index (χ1n) is 7.17. The second-order valence-corrected chi connectivity index (χ2v) is 4.89. The van der Waals surface area contributed by atoms with Crippen molar-refractivity contribution in [2.45, 2.75) is 0 Å². The van der Waals surface area contributed by atoms with Crippen molar-refractivity contribution in [3.8, 4) is 28.7 Å². The molecule has 0 spiro atoms. The van der Waals surface area contributed by atoms with Crippen molar-refractivity contribution in [1.82, 2.24) is 0 Å². The first kappa shape index (κ1) is 14.0. The normalized spacial score (nSPS) is 9.68. The quantitative estimate of drug-likeness (QED) is 0.616. The highest BCUT2D eigenvalue weighted by molar-refractivity contribution is 5.72. The Hall–Kier alpha value is -2.98. The Bertz CT molecular complexity index is 806. The molecule has 1 heteroatoms. The van der Waals surface area contributed by atoms with Gasteiger partial charge in [0.25, 0.3) is 0 Å². The molecule has 3 rings (SSSR count). The Balaban J connectivity index is 1.98. The van der Waals surface area contributed by atoms with Gasteiger partial charge in [0.1, 0.15) is 5.75 Å². The van der Waals surface area contributed by atoms with E-state index in [1.807, 2.05) is 54.6 Å². The van der Waals surface area contributed by atoms with E-state index in [1.54, 1.807) is 7.11 Å². The predicted molar refractivity (Wildman–Crippen MR) is 90.9 cm³/mol. The van der Waals surface area contributed by atoms with Crippen molar-refractivity contribution in [2.75, 3.05) is 7.11 Å². The lowest BCUT2D eigenvalue weighted by Gasteiger charge is -2.06. The third-order valence-electron chi connectivity index (χ3n) is 3.44. The van der Waals surface area contributed by atoms with Crippen LogP contribution in [0.25, 0.3) is 11.1 Å². The molecule has 3 aromatic carbocycles. The van der Waals surface area contributed by atoms with Gasteiger partial charge in [-0.1, -0.05) is 60.4 Å². The fraction of sp³-hybridized carbons (Fsp3) is 0.0476. The van der Waals surface area contributed by atoms with Crippen LogP contribution in [0, 0.1) is 11.8 Å². The third kappa shape index (κ3) is 3.19. The zero-order valence-corrected chi connectivity index (χ0v) is 12.4. The number of methoxy groups -OCH3 is 1. The number of rotatable bonds is 2. The molecule has 0 aliphatic carbocycles. The summed E-state index contributed by atoms with van der Waals surface area (Å²) >= 11 is 0. The fourth-order valence-electron chi connectivity index (χ4n) is 2.28. The van der Waals surface area contributed by atoms with Crippen molar-refractivity contribution in [2.24, 2.45) is 0 Å². The molecule has 22 heavy (non-hydrogen) atoms. The zero-order valence-electron chi connectivity index (χ0n) is 12.4. The van der Waals surface area contributed by atoms with Gasteiger partial charge in [0.05, 0.1) is 7.11 Å². The van der Waals surface area contributed by atoms with Crippen LogP contribution < -0.4 is 4.74 Å². The molecule has 1 nitrogen and oxygen atoms in total. The summed E-state index contributed by atoms with van der Waals surface area (Å²) in [6, 6.07) is 26.3. The second-order valence-electron chi connectivity index (χ2n) is 4.89. The van der Waals surface area contributed by atoms with Gasteiger partial charge in [-0.05, 0) is 41.5 Å². The van der Waals surface area contributed by atoms with Gasteiger partial charge in [-0.2, -0.15) is 0 Å².